The first-order valence-corrected chi connectivity index (χ1v) is 5.40. The predicted octanol–water partition coefficient (Wildman–Crippen LogP) is 3.15. The van der Waals surface area contributed by atoms with Crippen LogP contribution in [-0.2, 0) is 6.42 Å². The van der Waals surface area contributed by atoms with Gasteiger partial charge in [0.1, 0.15) is 5.82 Å². The Morgan fingerprint density at radius 1 is 1.38 bits per heavy atom. The minimum Gasteiger partial charge on any atom is -0.363 e. The van der Waals surface area contributed by atoms with Gasteiger partial charge in [0.25, 0.3) is 6.43 Å². The van der Waals surface area contributed by atoms with Crippen molar-refractivity contribution in [2.24, 2.45) is 0 Å². The molecule has 0 saturated heterocycles. The molecule has 0 amide bonds. The maximum Gasteiger partial charge on any atom is 0.255 e. The van der Waals surface area contributed by atoms with Crippen molar-refractivity contribution < 1.29 is 13.2 Å². The third kappa shape index (κ3) is 2.01. The molecule has 1 aromatic rings. The van der Waals surface area contributed by atoms with Crippen molar-refractivity contribution in [3.8, 4) is 0 Å². The molecular weight excluding hydrogens is 215 g/mol. The second-order valence-corrected chi connectivity index (χ2v) is 4.13. The van der Waals surface area contributed by atoms with Crippen molar-refractivity contribution in [3.63, 3.8) is 0 Å². The van der Waals surface area contributed by atoms with Crippen molar-refractivity contribution in [2.45, 2.75) is 26.2 Å². The zero-order chi connectivity index (χ0) is 11.7. The van der Waals surface area contributed by atoms with Crippen LogP contribution in [-0.4, -0.2) is 19.5 Å². The van der Waals surface area contributed by atoms with Crippen LogP contribution in [0.15, 0.2) is 12.1 Å². The van der Waals surface area contributed by atoms with E-state index in [0.717, 1.165) is 24.0 Å². The van der Waals surface area contributed by atoms with Gasteiger partial charge >= 0.3 is 0 Å². The molecule has 1 heterocycles. The number of fused-ring (bicyclic) bond motifs is 1. The van der Waals surface area contributed by atoms with Gasteiger partial charge in [-0.2, -0.15) is 0 Å². The topological polar surface area (TPSA) is 3.24 Å². The van der Waals surface area contributed by atoms with Gasteiger partial charge in [0, 0.05) is 6.54 Å². The highest BCUT2D eigenvalue weighted by Gasteiger charge is 2.24. The molecule has 2 rings (SSSR count). The standard InChI is InChI=1S/C12H14F3N/c1-8-4-5-10(13)12-9(8)3-2-6-16(12)7-11(14)15/h4-5,11H,2-3,6-7H2,1H3. The van der Waals surface area contributed by atoms with Crippen LogP contribution in [0.25, 0.3) is 0 Å². The summed E-state index contributed by atoms with van der Waals surface area (Å²) in [5.74, 6) is -0.388. The molecule has 0 bridgehead atoms. The van der Waals surface area contributed by atoms with Gasteiger partial charge in [-0.15, -0.1) is 0 Å². The van der Waals surface area contributed by atoms with E-state index in [2.05, 4.69) is 0 Å². The molecule has 0 aromatic heterocycles. The lowest BCUT2D eigenvalue weighted by molar-refractivity contribution is 0.154. The van der Waals surface area contributed by atoms with E-state index < -0.39 is 6.43 Å². The van der Waals surface area contributed by atoms with Crippen LogP contribution in [0.3, 0.4) is 0 Å². The minimum absolute atomic E-state index is 0.381. The van der Waals surface area contributed by atoms with Gasteiger partial charge in [-0.05, 0) is 37.0 Å². The number of anilines is 1. The molecule has 0 spiro atoms. The van der Waals surface area contributed by atoms with Crippen LogP contribution in [0.5, 0.6) is 0 Å². The molecule has 4 heteroatoms. The van der Waals surface area contributed by atoms with E-state index in [0.29, 0.717) is 12.2 Å². The lowest BCUT2D eigenvalue weighted by atomic mass is 9.96. The van der Waals surface area contributed by atoms with E-state index in [1.54, 1.807) is 6.07 Å². The van der Waals surface area contributed by atoms with Crippen LogP contribution in [0.2, 0.25) is 0 Å². The Labute approximate surface area is 92.9 Å². The van der Waals surface area contributed by atoms with Gasteiger partial charge in [-0.3, -0.25) is 0 Å². The number of rotatable bonds is 2. The van der Waals surface area contributed by atoms with Gasteiger partial charge < -0.3 is 4.90 Å². The molecule has 0 N–H and O–H groups in total. The fourth-order valence-electron chi connectivity index (χ4n) is 2.27. The summed E-state index contributed by atoms with van der Waals surface area (Å²) < 4.78 is 38.4. The molecule has 1 nitrogen and oxygen atoms in total. The second kappa shape index (κ2) is 4.36. The molecule has 0 unspecified atom stereocenters. The van der Waals surface area contributed by atoms with Gasteiger partial charge in [0.15, 0.2) is 0 Å². The highest BCUT2D eigenvalue weighted by Crippen LogP contribution is 2.32. The maximum atomic E-state index is 13.7. The van der Waals surface area contributed by atoms with E-state index in [4.69, 9.17) is 0 Å². The Hall–Kier alpha value is -1.19. The fraction of sp³-hybridized carbons (Fsp3) is 0.500. The minimum atomic E-state index is -2.43. The van der Waals surface area contributed by atoms with Crippen LogP contribution in [0.4, 0.5) is 18.9 Å². The smallest absolute Gasteiger partial charge is 0.255 e. The van der Waals surface area contributed by atoms with Crippen LogP contribution in [0.1, 0.15) is 17.5 Å². The highest BCUT2D eigenvalue weighted by atomic mass is 19.3. The Balaban J connectivity index is 2.40. The van der Waals surface area contributed by atoms with Gasteiger partial charge in [0.2, 0.25) is 0 Å². The van der Waals surface area contributed by atoms with E-state index in [-0.39, 0.29) is 12.4 Å². The number of aryl methyl sites for hydroxylation is 1. The first-order chi connectivity index (χ1) is 7.59. The van der Waals surface area contributed by atoms with E-state index >= 15 is 0 Å². The first-order valence-electron chi connectivity index (χ1n) is 5.40. The molecular formula is C12H14F3N. The summed E-state index contributed by atoms with van der Waals surface area (Å²) in [7, 11) is 0. The summed E-state index contributed by atoms with van der Waals surface area (Å²) in [5, 5.41) is 0. The predicted molar refractivity (Wildman–Crippen MR) is 57.7 cm³/mol. The van der Waals surface area contributed by atoms with Crippen molar-refractivity contribution in [1.82, 2.24) is 0 Å². The first kappa shape index (κ1) is 11.3. The lowest BCUT2D eigenvalue weighted by Gasteiger charge is -2.32. The lowest BCUT2D eigenvalue weighted by Crippen LogP contribution is -2.34. The number of nitrogens with zero attached hydrogens (tertiary/aromatic N) is 1. The maximum absolute atomic E-state index is 13.7. The molecule has 0 saturated carbocycles. The van der Waals surface area contributed by atoms with Gasteiger partial charge in [-0.1, -0.05) is 6.07 Å². The molecule has 0 atom stereocenters. The summed E-state index contributed by atoms with van der Waals surface area (Å²) >= 11 is 0. The van der Waals surface area contributed by atoms with E-state index in [1.165, 1.54) is 11.0 Å². The number of halogens is 3. The summed E-state index contributed by atoms with van der Waals surface area (Å²) in [6, 6.07) is 3.07. The number of hydrogen-bond donors (Lipinski definition) is 0. The van der Waals surface area contributed by atoms with E-state index in [1.807, 2.05) is 6.92 Å². The normalized spacial score (nSPS) is 15.4. The highest BCUT2D eigenvalue weighted by molar-refractivity contribution is 5.59. The quantitative estimate of drug-likeness (QED) is 0.753. The Kier molecular flexibility index (Phi) is 3.08. The average Bonchev–Trinajstić information content (AvgIpc) is 2.23. The van der Waals surface area contributed by atoms with Crippen molar-refractivity contribution in [1.29, 1.82) is 0 Å². The van der Waals surface area contributed by atoms with E-state index in [9.17, 15) is 13.2 Å². The van der Waals surface area contributed by atoms with Crippen molar-refractivity contribution in [2.75, 3.05) is 18.0 Å². The zero-order valence-electron chi connectivity index (χ0n) is 9.14. The summed E-state index contributed by atoms with van der Waals surface area (Å²) in [6.07, 6.45) is -0.839. The van der Waals surface area contributed by atoms with Crippen molar-refractivity contribution >= 4 is 5.69 Å². The number of hydrogen-bond acceptors (Lipinski definition) is 1. The third-order valence-corrected chi connectivity index (χ3v) is 3.00. The second-order valence-electron chi connectivity index (χ2n) is 4.13. The SMILES string of the molecule is Cc1ccc(F)c2c1CCCN2CC(F)F. The number of benzene rings is 1. The summed E-state index contributed by atoms with van der Waals surface area (Å²) in [6.45, 7) is 2.02. The number of alkyl halides is 2. The zero-order valence-corrected chi connectivity index (χ0v) is 9.14. The molecule has 0 fully saturated rings. The summed E-state index contributed by atoms with van der Waals surface area (Å²) in [4.78, 5) is 1.46. The Bertz CT molecular complexity index is 390. The molecule has 88 valence electrons. The Morgan fingerprint density at radius 3 is 2.81 bits per heavy atom. The van der Waals surface area contributed by atoms with Gasteiger partial charge in [-0.25, -0.2) is 13.2 Å². The molecule has 0 radical (unpaired) electrons. The molecule has 1 aliphatic heterocycles. The largest absolute Gasteiger partial charge is 0.363 e. The Morgan fingerprint density at radius 2 is 2.12 bits per heavy atom. The third-order valence-electron chi connectivity index (χ3n) is 3.00. The molecule has 16 heavy (non-hydrogen) atoms. The van der Waals surface area contributed by atoms with Crippen molar-refractivity contribution in [3.05, 3.63) is 29.1 Å². The summed E-state index contributed by atoms with van der Waals surface area (Å²) in [5.41, 5.74) is 2.24. The fourth-order valence-corrected chi connectivity index (χ4v) is 2.27. The molecule has 0 aliphatic carbocycles. The average molecular weight is 229 g/mol. The molecule has 1 aromatic carbocycles. The van der Waals surface area contributed by atoms with Crippen LogP contribution in [0, 0.1) is 12.7 Å². The molecule has 1 aliphatic rings. The monoisotopic (exact) mass is 229 g/mol. The van der Waals surface area contributed by atoms with Gasteiger partial charge in [0.05, 0.1) is 12.2 Å². The van der Waals surface area contributed by atoms with Crippen LogP contribution >= 0.6 is 0 Å². The van der Waals surface area contributed by atoms with Crippen LogP contribution < -0.4 is 4.90 Å².